The number of fused-ring (bicyclic) bond motifs is 1. The first-order chi connectivity index (χ1) is 17.6. The van der Waals surface area contributed by atoms with E-state index in [0.717, 1.165) is 5.56 Å². The summed E-state index contributed by atoms with van der Waals surface area (Å²) in [5, 5.41) is 2.93. The van der Waals surface area contributed by atoms with Crippen molar-refractivity contribution >= 4 is 17.6 Å². The van der Waals surface area contributed by atoms with E-state index in [1.54, 1.807) is 53.3 Å². The molecule has 3 aromatic rings. The normalized spacial score (nSPS) is 16.4. The third kappa shape index (κ3) is 4.59. The van der Waals surface area contributed by atoms with Gasteiger partial charge in [-0.1, -0.05) is 30.3 Å². The number of benzene rings is 3. The first-order valence-electron chi connectivity index (χ1n) is 11.6. The van der Waals surface area contributed by atoms with Gasteiger partial charge < -0.3 is 34.1 Å². The van der Waals surface area contributed by atoms with Crippen molar-refractivity contribution < 1.29 is 28.5 Å². The van der Waals surface area contributed by atoms with Gasteiger partial charge in [-0.3, -0.25) is 4.79 Å². The molecule has 36 heavy (non-hydrogen) atoms. The average molecular weight is 490 g/mol. The molecule has 3 aromatic carbocycles. The number of nitrogens with zero attached hydrogens (tertiary/aromatic N) is 2. The fourth-order valence-corrected chi connectivity index (χ4v) is 4.48. The van der Waals surface area contributed by atoms with E-state index in [4.69, 9.17) is 18.9 Å². The molecule has 1 unspecified atom stereocenters. The molecule has 2 heterocycles. The van der Waals surface area contributed by atoms with Crippen molar-refractivity contribution in [2.24, 2.45) is 0 Å². The Morgan fingerprint density at radius 2 is 1.67 bits per heavy atom. The van der Waals surface area contributed by atoms with E-state index >= 15 is 0 Å². The van der Waals surface area contributed by atoms with E-state index in [9.17, 15) is 9.59 Å². The molecule has 1 fully saturated rings. The van der Waals surface area contributed by atoms with Gasteiger partial charge in [0.15, 0.2) is 23.0 Å². The number of hydrogen-bond donors (Lipinski definition) is 1. The molecular formula is C27H27N3O6. The van der Waals surface area contributed by atoms with Gasteiger partial charge in [0.1, 0.15) is 0 Å². The minimum atomic E-state index is -0.317. The van der Waals surface area contributed by atoms with Crippen LogP contribution in [0.5, 0.6) is 23.0 Å². The highest BCUT2D eigenvalue weighted by Crippen LogP contribution is 2.35. The minimum Gasteiger partial charge on any atom is -0.493 e. The number of urea groups is 1. The van der Waals surface area contributed by atoms with Gasteiger partial charge in [0.25, 0.3) is 5.91 Å². The SMILES string of the molecule is COc1ccc(C(=O)N2CCN(C(=O)Nc3ccc4c(c3)OCO4)CC2c2ccccc2)cc1OC. The Morgan fingerprint density at radius 3 is 2.44 bits per heavy atom. The van der Waals surface area contributed by atoms with Gasteiger partial charge in [-0.2, -0.15) is 0 Å². The van der Waals surface area contributed by atoms with Crippen LogP contribution in [-0.4, -0.2) is 62.4 Å². The largest absolute Gasteiger partial charge is 0.493 e. The maximum absolute atomic E-state index is 13.6. The summed E-state index contributed by atoms with van der Waals surface area (Å²) in [4.78, 5) is 30.3. The Balaban J connectivity index is 1.36. The van der Waals surface area contributed by atoms with Crippen LogP contribution in [0.3, 0.4) is 0 Å². The number of methoxy groups -OCH3 is 2. The van der Waals surface area contributed by atoms with Crippen LogP contribution in [0.15, 0.2) is 66.7 Å². The van der Waals surface area contributed by atoms with E-state index in [0.29, 0.717) is 53.9 Å². The average Bonchev–Trinajstić information content (AvgIpc) is 3.40. The fraction of sp³-hybridized carbons (Fsp3) is 0.259. The van der Waals surface area contributed by atoms with Crippen LogP contribution in [0.2, 0.25) is 0 Å². The maximum atomic E-state index is 13.6. The molecule has 5 rings (SSSR count). The molecule has 1 atom stereocenters. The lowest BCUT2D eigenvalue weighted by Crippen LogP contribution is -2.53. The van der Waals surface area contributed by atoms with E-state index in [2.05, 4.69) is 5.32 Å². The van der Waals surface area contributed by atoms with Crippen molar-refractivity contribution in [3.63, 3.8) is 0 Å². The van der Waals surface area contributed by atoms with Crippen molar-refractivity contribution in [3.05, 3.63) is 77.9 Å². The van der Waals surface area contributed by atoms with Gasteiger partial charge >= 0.3 is 6.03 Å². The Hall–Kier alpha value is -4.40. The number of nitrogens with one attached hydrogen (secondary N) is 1. The summed E-state index contributed by atoms with van der Waals surface area (Å²) >= 11 is 0. The number of carbonyl (C=O) groups excluding carboxylic acids is 2. The quantitative estimate of drug-likeness (QED) is 0.579. The molecule has 0 radical (unpaired) electrons. The second-order valence-corrected chi connectivity index (χ2v) is 8.44. The summed E-state index contributed by atoms with van der Waals surface area (Å²) in [6.07, 6.45) is 0. The first kappa shape index (κ1) is 23.3. The molecule has 0 aromatic heterocycles. The lowest BCUT2D eigenvalue weighted by Gasteiger charge is -2.41. The molecule has 186 valence electrons. The molecule has 0 aliphatic carbocycles. The zero-order valence-corrected chi connectivity index (χ0v) is 20.1. The zero-order valence-electron chi connectivity index (χ0n) is 20.1. The summed E-state index contributed by atoms with van der Waals surface area (Å²) in [6, 6.07) is 19.6. The maximum Gasteiger partial charge on any atom is 0.321 e. The third-order valence-electron chi connectivity index (χ3n) is 6.37. The van der Waals surface area contributed by atoms with Crippen LogP contribution in [0.1, 0.15) is 22.0 Å². The monoisotopic (exact) mass is 489 g/mol. The van der Waals surface area contributed by atoms with Crippen LogP contribution in [0.25, 0.3) is 0 Å². The van der Waals surface area contributed by atoms with Gasteiger partial charge in [-0.15, -0.1) is 0 Å². The van der Waals surface area contributed by atoms with E-state index in [-0.39, 0.29) is 24.8 Å². The molecule has 0 bridgehead atoms. The number of anilines is 1. The fourth-order valence-electron chi connectivity index (χ4n) is 4.48. The summed E-state index contributed by atoms with van der Waals surface area (Å²) in [7, 11) is 3.09. The van der Waals surface area contributed by atoms with Crippen molar-refractivity contribution in [1.82, 2.24) is 9.80 Å². The highest BCUT2D eigenvalue weighted by atomic mass is 16.7. The Morgan fingerprint density at radius 1 is 0.889 bits per heavy atom. The zero-order chi connectivity index (χ0) is 25.1. The molecule has 1 N–H and O–H groups in total. The predicted octanol–water partition coefficient (Wildman–Crippen LogP) is 4.16. The van der Waals surface area contributed by atoms with Crippen LogP contribution >= 0.6 is 0 Å². The number of rotatable bonds is 5. The van der Waals surface area contributed by atoms with E-state index in [1.807, 2.05) is 30.3 Å². The Bertz CT molecular complexity index is 1270. The lowest BCUT2D eigenvalue weighted by molar-refractivity contribution is 0.0516. The van der Waals surface area contributed by atoms with Crippen LogP contribution < -0.4 is 24.3 Å². The molecule has 0 spiro atoms. The van der Waals surface area contributed by atoms with E-state index < -0.39 is 0 Å². The lowest BCUT2D eigenvalue weighted by atomic mass is 10.0. The standard InChI is InChI=1S/C27H27N3O6/c1-33-22-10-8-19(14-24(22)34-2)26(31)30-13-12-29(16-21(30)18-6-4-3-5-7-18)27(32)28-20-9-11-23-25(15-20)36-17-35-23/h3-11,14-15,21H,12-13,16-17H2,1-2H3,(H,28,32). The van der Waals surface area contributed by atoms with Gasteiger partial charge in [0.2, 0.25) is 6.79 Å². The second-order valence-electron chi connectivity index (χ2n) is 8.44. The summed E-state index contributed by atoms with van der Waals surface area (Å²) in [5.74, 6) is 2.15. The van der Waals surface area contributed by atoms with Gasteiger partial charge in [-0.05, 0) is 35.9 Å². The number of piperazine rings is 1. The molecule has 2 aliphatic rings. The number of ether oxygens (including phenoxy) is 4. The van der Waals surface area contributed by atoms with Crippen molar-refractivity contribution in [2.75, 3.05) is 46.0 Å². The highest BCUT2D eigenvalue weighted by Gasteiger charge is 2.34. The van der Waals surface area contributed by atoms with Gasteiger partial charge in [-0.25, -0.2) is 4.79 Å². The van der Waals surface area contributed by atoms with Crippen LogP contribution in [0.4, 0.5) is 10.5 Å². The smallest absolute Gasteiger partial charge is 0.321 e. The summed E-state index contributed by atoms with van der Waals surface area (Å²) in [6.45, 7) is 1.28. The molecule has 2 aliphatic heterocycles. The predicted molar refractivity (Wildman–Crippen MR) is 133 cm³/mol. The van der Waals surface area contributed by atoms with Crippen LogP contribution in [0, 0.1) is 0 Å². The Labute approximate surface area is 209 Å². The van der Waals surface area contributed by atoms with E-state index in [1.165, 1.54) is 7.11 Å². The first-order valence-corrected chi connectivity index (χ1v) is 11.6. The minimum absolute atomic E-state index is 0.138. The molecule has 1 saturated heterocycles. The third-order valence-corrected chi connectivity index (χ3v) is 6.37. The van der Waals surface area contributed by atoms with Crippen molar-refractivity contribution in [3.8, 4) is 23.0 Å². The highest BCUT2D eigenvalue weighted by molar-refractivity contribution is 5.96. The van der Waals surface area contributed by atoms with Crippen LogP contribution in [-0.2, 0) is 0 Å². The topological polar surface area (TPSA) is 89.6 Å². The molecule has 3 amide bonds. The van der Waals surface area contributed by atoms with Gasteiger partial charge in [0.05, 0.1) is 20.3 Å². The number of carbonyl (C=O) groups is 2. The number of hydrogen-bond acceptors (Lipinski definition) is 6. The second kappa shape index (κ2) is 10.1. The molecule has 9 nitrogen and oxygen atoms in total. The Kier molecular flexibility index (Phi) is 6.53. The number of amides is 3. The van der Waals surface area contributed by atoms with Gasteiger partial charge in [0, 0.05) is 37.0 Å². The molecule has 9 heteroatoms. The molecule has 0 saturated carbocycles. The summed E-state index contributed by atoms with van der Waals surface area (Å²) in [5.41, 5.74) is 2.06. The van der Waals surface area contributed by atoms with Crippen molar-refractivity contribution in [2.45, 2.75) is 6.04 Å². The summed E-state index contributed by atoms with van der Waals surface area (Å²) < 4.78 is 21.4. The molecular weight excluding hydrogens is 462 g/mol. The van der Waals surface area contributed by atoms with Crippen molar-refractivity contribution in [1.29, 1.82) is 0 Å².